The van der Waals surface area contributed by atoms with E-state index in [-0.39, 0.29) is 0 Å². The molecular formula is C18H37N. The summed E-state index contributed by atoms with van der Waals surface area (Å²) in [5, 5.41) is 3.99. The van der Waals surface area contributed by atoms with Crippen LogP contribution >= 0.6 is 0 Å². The molecule has 19 heavy (non-hydrogen) atoms. The predicted molar refractivity (Wildman–Crippen MR) is 86.6 cm³/mol. The van der Waals surface area contributed by atoms with E-state index in [1.807, 2.05) is 0 Å². The molecule has 0 radical (unpaired) electrons. The Morgan fingerprint density at radius 1 is 0.947 bits per heavy atom. The van der Waals surface area contributed by atoms with Crippen LogP contribution in [0.5, 0.6) is 0 Å². The van der Waals surface area contributed by atoms with Crippen molar-refractivity contribution in [3.05, 3.63) is 0 Å². The van der Waals surface area contributed by atoms with Crippen LogP contribution in [0.15, 0.2) is 0 Å². The van der Waals surface area contributed by atoms with E-state index in [4.69, 9.17) is 0 Å². The highest BCUT2D eigenvalue weighted by molar-refractivity contribution is 4.91. The van der Waals surface area contributed by atoms with Crippen molar-refractivity contribution in [1.82, 2.24) is 5.32 Å². The summed E-state index contributed by atoms with van der Waals surface area (Å²) < 4.78 is 0. The topological polar surface area (TPSA) is 12.0 Å². The van der Waals surface area contributed by atoms with Crippen molar-refractivity contribution in [3.63, 3.8) is 0 Å². The predicted octanol–water partition coefficient (Wildman–Crippen LogP) is 5.68. The molecule has 2 unspecified atom stereocenters. The fraction of sp³-hybridized carbons (Fsp3) is 1.00. The monoisotopic (exact) mass is 267 g/mol. The van der Waals surface area contributed by atoms with E-state index in [0.29, 0.717) is 5.54 Å². The maximum atomic E-state index is 3.99. The van der Waals surface area contributed by atoms with Crippen molar-refractivity contribution < 1.29 is 0 Å². The average Bonchev–Trinajstić information content (AvgIpc) is 3.19. The normalized spacial score (nSPS) is 20.2. The molecule has 1 rings (SSSR count). The molecule has 1 aliphatic rings. The minimum atomic E-state index is 0.394. The Labute approximate surface area is 121 Å². The third kappa shape index (κ3) is 7.34. The van der Waals surface area contributed by atoms with Crippen molar-refractivity contribution in [2.75, 3.05) is 0 Å². The van der Waals surface area contributed by atoms with Gasteiger partial charge in [-0.25, -0.2) is 0 Å². The second kappa shape index (κ2) is 9.00. The number of hydrogen-bond donors (Lipinski definition) is 1. The van der Waals surface area contributed by atoms with Crippen molar-refractivity contribution >= 4 is 0 Å². The first kappa shape index (κ1) is 17.0. The smallest absolute Gasteiger partial charge is 0.0155 e. The van der Waals surface area contributed by atoms with Crippen LogP contribution < -0.4 is 5.32 Å². The quantitative estimate of drug-likeness (QED) is 0.448. The van der Waals surface area contributed by atoms with Gasteiger partial charge in [0.1, 0.15) is 0 Å². The van der Waals surface area contributed by atoms with Crippen molar-refractivity contribution in [2.45, 2.75) is 110 Å². The summed E-state index contributed by atoms with van der Waals surface area (Å²) in [4.78, 5) is 0. The van der Waals surface area contributed by atoms with Gasteiger partial charge in [0.15, 0.2) is 0 Å². The van der Waals surface area contributed by atoms with Gasteiger partial charge in [0, 0.05) is 11.6 Å². The minimum Gasteiger partial charge on any atom is -0.309 e. The van der Waals surface area contributed by atoms with Crippen LogP contribution in [0.1, 0.15) is 98.3 Å². The molecule has 1 N–H and O–H groups in total. The van der Waals surface area contributed by atoms with E-state index in [9.17, 15) is 0 Å². The molecule has 1 nitrogen and oxygen atoms in total. The summed E-state index contributed by atoms with van der Waals surface area (Å²) in [6.45, 7) is 9.49. The van der Waals surface area contributed by atoms with Gasteiger partial charge in [-0.15, -0.1) is 0 Å². The van der Waals surface area contributed by atoms with Crippen molar-refractivity contribution in [3.8, 4) is 0 Å². The molecule has 1 heteroatoms. The van der Waals surface area contributed by atoms with Crippen LogP contribution in [0.3, 0.4) is 0 Å². The van der Waals surface area contributed by atoms with Gasteiger partial charge in [0.05, 0.1) is 0 Å². The standard InChI is InChI=1S/C18H37N/c1-5-7-9-11-15-18(4,14-10-8-6-2)19-16(3)17-12-13-17/h16-17,19H,5-15H2,1-4H3. The SMILES string of the molecule is CCCCCCC(C)(CCCCC)NC(C)C1CC1. The second-order valence-corrected chi connectivity index (χ2v) is 7.10. The highest BCUT2D eigenvalue weighted by Crippen LogP contribution is 2.34. The van der Waals surface area contributed by atoms with E-state index in [2.05, 4.69) is 33.0 Å². The lowest BCUT2D eigenvalue weighted by molar-refractivity contribution is 0.251. The van der Waals surface area contributed by atoms with Gasteiger partial charge in [-0.3, -0.25) is 0 Å². The lowest BCUT2D eigenvalue weighted by Gasteiger charge is -2.35. The first-order valence-corrected chi connectivity index (χ1v) is 8.89. The van der Waals surface area contributed by atoms with E-state index in [1.165, 1.54) is 70.6 Å². The molecule has 1 fully saturated rings. The molecule has 2 atom stereocenters. The Balaban J connectivity index is 2.34. The van der Waals surface area contributed by atoms with Crippen LogP contribution in [-0.2, 0) is 0 Å². The van der Waals surface area contributed by atoms with Gasteiger partial charge >= 0.3 is 0 Å². The van der Waals surface area contributed by atoms with E-state index < -0.39 is 0 Å². The second-order valence-electron chi connectivity index (χ2n) is 7.10. The first-order chi connectivity index (χ1) is 9.11. The third-order valence-electron chi connectivity index (χ3n) is 4.82. The molecule has 0 saturated heterocycles. The molecule has 0 aromatic carbocycles. The lowest BCUT2D eigenvalue weighted by atomic mass is 9.87. The number of unbranched alkanes of at least 4 members (excludes halogenated alkanes) is 5. The summed E-state index contributed by atoms with van der Waals surface area (Å²) in [5.74, 6) is 0.973. The Morgan fingerprint density at radius 3 is 2.00 bits per heavy atom. The molecular weight excluding hydrogens is 230 g/mol. The summed E-state index contributed by atoms with van der Waals surface area (Å²) >= 11 is 0. The highest BCUT2D eigenvalue weighted by Gasteiger charge is 2.33. The fourth-order valence-corrected chi connectivity index (χ4v) is 3.24. The number of nitrogens with one attached hydrogen (secondary N) is 1. The largest absolute Gasteiger partial charge is 0.309 e. The molecule has 1 aliphatic carbocycles. The number of rotatable bonds is 12. The summed E-state index contributed by atoms with van der Waals surface area (Å²) in [6, 6.07) is 0.734. The van der Waals surface area contributed by atoms with Crippen LogP contribution in [0, 0.1) is 5.92 Å². The molecule has 0 aromatic rings. The summed E-state index contributed by atoms with van der Waals surface area (Å²) in [6.07, 6.45) is 15.3. The highest BCUT2D eigenvalue weighted by atomic mass is 15.0. The average molecular weight is 268 g/mol. The molecule has 0 bridgehead atoms. The molecule has 0 spiro atoms. The van der Waals surface area contributed by atoms with Gasteiger partial charge in [0.2, 0.25) is 0 Å². The Hall–Kier alpha value is -0.0400. The zero-order valence-electron chi connectivity index (χ0n) is 13.9. The molecule has 0 aromatic heterocycles. The van der Waals surface area contributed by atoms with Crippen LogP contribution in [0.25, 0.3) is 0 Å². The first-order valence-electron chi connectivity index (χ1n) is 8.89. The van der Waals surface area contributed by atoms with E-state index >= 15 is 0 Å². The number of hydrogen-bond acceptors (Lipinski definition) is 1. The fourth-order valence-electron chi connectivity index (χ4n) is 3.24. The van der Waals surface area contributed by atoms with Gasteiger partial charge < -0.3 is 5.32 Å². The van der Waals surface area contributed by atoms with E-state index in [0.717, 1.165) is 12.0 Å². The maximum Gasteiger partial charge on any atom is 0.0155 e. The van der Waals surface area contributed by atoms with Crippen molar-refractivity contribution in [1.29, 1.82) is 0 Å². The molecule has 0 heterocycles. The molecule has 0 amide bonds. The molecule has 1 saturated carbocycles. The summed E-state index contributed by atoms with van der Waals surface area (Å²) in [5.41, 5.74) is 0.394. The van der Waals surface area contributed by atoms with Gasteiger partial charge in [0.25, 0.3) is 0 Å². The Morgan fingerprint density at radius 2 is 1.47 bits per heavy atom. The van der Waals surface area contributed by atoms with Crippen LogP contribution in [0.2, 0.25) is 0 Å². The van der Waals surface area contributed by atoms with Gasteiger partial charge in [-0.2, -0.15) is 0 Å². The summed E-state index contributed by atoms with van der Waals surface area (Å²) in [7, 11) is 0. The minimum absolute atomic E-state index is 0.394. The Bertz CT molecular complexity index is 222. The third-order valence-corrected chi connectivity index (χ3v) is 4.82. The molecule has 114 valence electrons. The maximum absolute atomic E-state index is 3.99. The molecule has 0 aliphatic heterocycles. The Kier molecular flexibility index (Phi) is 8.06. The van der Waals surface area contributed by atoms with Crippen molar-refractivity contribution in [2.24, 2.45) is 5.92 Å². The zero-order chi connectivity index (χ0) is 14.1. The lowest BCUT2D eigenvalue weighted by Crippen LogP contribution is -2.48. The van der Waals surface area contributed by atoms with Gasteiger partial charge in [-0.05, 0) is 45.4 Å². The van der Waals surface area contributed by atoms with Crippen LogP contribution in [0.4, 0.5) is 0 Å². The van der Waals surface area contributed by atoms with Gasteiger partial charge in [-0.1, -0.05) is 58.8 Å². The van der Waals surface area contributed by atoms with Crippen LogP contribution in [-0.4, -0.2) is 11.6 Å². The van der Waals surface area contributed by atoms with E-state index in [1.54, 1.807) is 0 Å². The zero-order valence-corrected chi connectivity index (χ0v) is 13.9.